The van der Waals surface area contributed by atoms with Crippen molar-refractivity contribution in [2.45, 2.75) is 51.7 Å². The van der Waals surface area contributed by atoms with Crippen LogP contribution in [0.4, 0.5) is 0 Å². The lowest BCUT2D eigenvalue weighted by molar-refractivity contribution is -0.0260. The van der Waals surface area contributed by atoms with E-state index in [1.165, 1.54) is 0 Å². The largest absolute Gasteiger partial charge is 0.386 e. The van der Waals surface area contributed by atoms with E-state index in [0.717, 1.165) is 19.4 Å². The van der Waals surface area contributed by atoms with Crippen LogP contribution in [0.2, 0.25) is 0 Å². The molecule has 1 fully saturated rings. The van der Waals surface area contributed by atoms with Gasteiger partial charge in [0, 0.05) is 19.6 Å². The Morgan fingerprint density at radius 2 is 2.29 bits per heavy atom. The maximum absolute atomic E-state index is 10.2. The predicted molar refractivity (Wildman–Crippen MR) is 66.5 cm³/mol. The zero-order valence-corrected chi connectivity index (χ0v) is 11.1. The van der Waals surface area contributed by atoms with E-state index in [-0.39, 0.29) is 11.5 Å². The van der Waals surface area contributed by atoms with Gasteiger partial charge in [-0.2, -0.15) is 5.26 Å². The Balaban J connectivity index is 2.15. The summed E-state index contributed by atoms with van der Waals surface area (Å²) in [5.74, 6) is 0. The van der Waals surface area contributed by atoms with Crippen LogP contribution in [-0.4, -0.2) is 36.5 Å². The second kappa shape index (κ2) is 5.81. The minimum absolute atomic E-state index is 0.0921. The summed E-state index contributed by atoms with van der Waals surface area (Å²) in [6.07, 6.45) is 2.43. The molecule has 0 spiro atoms. The van der Waals surface area contributed by atoms with Crippen LogP contribution in [0.15, 0.2) is 0 Å². The van der Waals surface area contributed by atoms with Crippen LogP contribution in [0.1, 0.15) is 40.0 Å². The van der Waals surface area contributed by atoms with Crippen molar-refractivity contribution in [1.29, 1.82) is 5.26 Å². The average molecular weight is 240 g/mol. The summed E-state index contributed by atoms with van der Waals surface area (Å²) in [4.78, 5) is 0. The van der Waals surface area contributed by atoms with E-state index in [9.17, 15) is 5.11 Å². The SMILES string of the molecule is CC1OCCC1(O)CNCCCC(C)(C)C#N. The van der Waals surface area contributed by atoms with Gasteiger partial charge in [-0.05, 0) is 40.2 Å². The van der Waals surface area contributed by atoms with E-state index in [0.29, 0.717) is 19.6 Å². The summed E-state index contributed by atoms with van der Waals surface area (Å²) in [6.45, 7) is 7.86. The molecular formula is C13H24N2O2. The van der Waals surface area contributed by atoms with Crippen LogP contribution in [-0.2, 0) is 4.74 Å². The van der Waals surface area contributed by atoms with E-state index < -0.39 is 5.60 Å². The van der Waals surface area contributed by atoms with Gasteiger partial charge in [0.15, 0.2) is 0 Å². The molecule has 17 heavy (non-hydrogen) atoms. The van der Waals surface area contributed by atoms with Crippen molar-refractivity contribution in [2.75, 3.05) is 19.7 Å². The first-order valence-corrected chi connectivity index (χ1v) is 6.36. The Hall–Kier alpha value is -0.630. The van der Waals surface area contributed by atoms with E-state index in [4.69, 9.17) is 10.00 Å². The van der Waals surface area contributed by atoms with E-state index >= 15 is 0 Å². The molecule has 1 aliphatic rings. The average Bonchev–Trinajstić information content (AvgIpc) is 2.59. The second-order valence-corrected chi connectivity index (χ2v) is 5.64. The molecule has 0 aromatic carbocycles. The number of nitrogens with zero attached hydrogens (tertiary/aromatic N) is 1. The van der Waals surface area contributed by atoms with Crippen molar-refractivity contribution in [3.63, 3.8) is 0 Å². The Labute approximate surface area is 104 Å². The lowest BCUT2D eigenvalue weighted by atomic mass is 9.90. The molecule has 2 N–H and O–H groups in total. The molecule has 0 radical (unpaired) electrons. The van der Waals surface area contributed by atoms with Gasteiger partial charge in [-0.1, -0.05) is 0 Å². The summed E-state index contributed by atoms with van der Waals surface area (Å²) in [6, 6.07) is 2.29. The normalized spacial score (nSPS) is 29.2. The van der Waals surface area contributed by atoms with Gasteiger partial charge in [-0.15, -0.1) is 0 Å². The topological polar surface area (TPSA) is 65.3 Å². The van der Waals surface area contributed by atoms with Gasteiger partial charge in [0.25, 0.3) is 0 Å². The third-order valence-electron chi connectivity index (χ3n) is 3.55. The standard InChI is InChI=1S/C13H24N2O2/c1-11-13(16,6-8-17-11)10-15-7-4-5-12(2,3)9-14/h11,15-16H,4-8,10H2,1-3H3. The molecular weight excluding hydrogens is 216 g/mol. The fourth-order valence-electron chi connectivity index (χ4n) is 2.02. The summed E-state index contributed by atoms with van der Waals surface area (Å²) >= 11 is 0. The predicted octanol–water partition coefficient (Wildman–Crippen LogP) is 1.45. The summed E-state index contributed by atoms with van der Waals surface area (Å²) in [5, 5.41) is 22.4. The molecule has 1 saturated heterocycles. The van der Waals surface area contributed by atoms with Crippen molar-refractivity contribution in [2.24, 2.45) is 5.41 Å². The van der Waals surface area contributed by atoms with Crippen molar-refractivity contribution in [1.82, 2.24) is 5.32 Å². The molecule has 0 aromatic heterocycles. The highest BCUT2D eigenvalue weighted by molar-refractivity contribution is 4.93. The van der Waals surface area contributed by atoms with Crippen LogP contribution in [0.5, 0.6) is 0 Å². The van der Waals surface area contributed by atoms with Gasteiger partial charge in [0.1, 0.15) is 5.60 Å². The van der Waals surface area contributed by atoms with Gasteiger partial charge < -0.3 is 15.2 Å². The second-order valence-electron chi connectivity index (χ2n) is 5.64. The number of hydrogen-bond donors (Lipinski definition) is 2. The van der Waals surface area contributed by atoms with Crippen molar-refractivity contribution in [3.8, 4) is 6.07 Å². The molecule has 0 aliphatic carbocycles. The Morgan fingerprint density at radius 3 is 2.82 bits per heavy atom. The molecule has 0 amide bonds. The molecule has 2 unspecified atom stereocenters. The van der Waals surface area contributed by atoms with E-state index in [1.807, 2.05) is 20.8 Å². The smallest absolute Gasteiger partial charge is 0.105 e. The highest BCUT2D eigenvalue weighted by Crippen LogP contribution is 2.25. The van der Waals surface area contributed by atoms with Gasteiger partial charge in [0.05, 0.1) is 17.6 Å². The van der Waals surface area contributed by atoms with Crippen molar-refractivity contribution < 1.29 is 9.84 Å². The zero-order chi connectivity index (χ0) is 12.9. The minimum atomic E-state index is -0.718. The fourth-order valence-corrected chi connectivity index (χ4v) is 2.02. The Kier molecular flexibility index (Phi) is 4.93. The quantitative estimate of drug-likeness (QED) is 0.690. The Morgan fingerprint density at radius 1 is 1.59 bits per heavy atom. The fraction of sp³-hybridized carbons (Fsp3) is 0.923. The first-order valence-electron chi connectivity index (χ1n) is 6.36. The third-order valence-corrected chi connectivity index (χ3v) is 3.55. The van der Waals surface area contributed by atoms with Crippen LogP contribution in [0, 0.1) is 16.7 Å². The zero-order valence-electron chi connectivity index (χ0n) is 11.1. The molecule has 1 heterocycles. The van der Waals surface area contributed by atoms with Crippen LogP contribution in [0.25, 0.3) is 0 Å². The summed E-state index contributed by atoms with van der Waals surface area (Å²) in [7, 11) is 0. The molecule has 4 heteroatoms. The first-order chi connectivity index (χ1) is 7.90. The van der Waals surface area contributed by atoms with Crippen molar-refractivity contribution in [3.05, 3.63) is 0 Å². The van der Waals surface area contributed by atoms with Gasteiger partial charge in [0.2, 0.25) is 0 Å². The number of nitriles is 1. The Bertz CT molecular complexity index is 286. The maximum Gasteiger partial charge on any atom is 0.105 e. The van der Waals surface area contributed by atoms with E-state index in [1.54, 1.807) is 0 Å². The summed E-state index contributed by atoms with van der Waals surface area (Å²) in [5.41, 5.74) is -0.965. The molecule has 0 bridgehead atoms. The van der Waals surface area contributed by atoms with Gasteiger partial charge in [-0.3, -0.25) is 0 Å². The lowest BCUT2D eigenvalue weighted by Crippen LogP contribution is -2.46. The lowest BCUT2D eigenvalue weighted by Gasteiger charge is -2.26. The number of nitrogens with one attached hydrogen (secondary N) is 1. The minimum Gasteiger partial charge on any atom is -0.386 e. The highest BCUT2D eigenvalue weighted by Gasteiger charge is 2.38. The number of ether oxygens (including phenoxy) is 1. The third kappa shape index (κ3) is 4.27. The van der Waals surface area contributed by atoms with Crippen LogP contribution in [0.3, 0.4) is 0 Å². The van der Waals surface area contributed by atoms with Crippen LogP contribution >= 0.6 is 0 Å². The maximum atomic E-state index is 10.2. The molecule has 98 valence electrons. The van der Waals surface area contributed by atoms with Gasteiger partial charge in [-0.25, -0.2) is 0 Å². The van der Waals surface area contributed by atoms with E-state index in [2.05, 4.69) is 11.4 Å². The highest BCUT2D eigenvalue weighted by atomic mass is 16.5. The first kappa shape index (κ1) is 14.4. The number of hydrogen-bond acceptors (Lipinski definition) is 4. The van der Waals surface area contributed by atoms with Gasteiger partial charge >= 0.3 is 0 Å². The van der Waals surface area contributed by atoms with Crippen LogP contribution < -0.4 is 5.32 Å². The molecule has 0 aromatic rings. The monoisotopic (exact) mass is 240 g/mol. The molecule has 4 nitrogen and oxygen atoms in total. The molecule has 1 rings (SSSR count). The molecule has 1 aliphatic heterocycles. The summed E-state index contributed by atoms with van der Waals surface area (Å²) < 4.78 is 5.36. The number of aliphatic hydroxyl groups is 1. The molecule has 0 saturated carbocycles. The number of rotatable bonds is 6. The van der Waals surface area contributed by atoms with Crippen molar-refractivity contribution >= 4 is 0 Å². The molecule has 2 atom stereocenters.